The lowest BCUT2D eigenvalue weighted by molar-refractivity contribution is -0.118. The van der Waals surface area contributed by atoms with Gasteiger partial charge in [0, 0.05) is 36.4 Å². The van der Waals surface area contributed by atoms with E-state index < -0.39 is 0 Å². The Kier molecular flexibility index (Phi) is 6.20. The smallest absolute Gasteiger partial charge is 0.262 e. The third-order valence-corrected chi connectivity index (χ3v) is 6.18. The molecule has 8 nitrogen and oxygen atoms in total. The van der Waals surface area contributed by atoms with Crippen molar-refractivity contribution in [1.29, 1.82) is 0 Å². The maximum absolute atomic E-state index is 12.9. The molecular formula is C27H26N4O4. The molecule has 5 rings (SSSR count). The van der Waals surface area contributed by atoms with Crippen molar-refractivity contribution in [2.24, 2.45) is 0 Å². The van der Waals surface area contributed by atoms with Gasteiger partial charge in [-0.1, -0.05) is 18.2 Å². The van der Waals surface area contributed by atoms with Gasteiger partial charge in [0.2, 0.25) is 0 Å². The standard InChI is InChI=1S/C27H26N4O4/c1-31-10-9-18-5-7-22(12-21(18)15-31)29-27(34)19-4-2-3-17(11-19)14-28-26(33)20-6-8-24-23(13-20)30-25(32)16-35-24/h2-8,11-13H,9-10,14-16H2,1H3,(H,28,33)(H,29,34)(H,30,32). The quantitative estimate of drug-likeness (QED) is 0.532. The van der Waals surface area contributed by atoms with Crippen LogP contribution in [0.4, 0.5) is 11.4 Å². The molecule has 0 unspecified atom stereocenters. The summed E-state index contributed by atoms with van der Waals surface area (Å²) >= 11 is 0. The predicted molar refractivity (Wildman–Crippen MR) is 133 cm³/mol. The molecule has 3 aromatic carbocycles. The summed E-state index contributed by atoms with van der Waals surface area (Å²) in [5, 5.41) is 8.54. The number of hydrogen-bond donors (Lipinski definition) is 3. The molecule has 35 heavy (non-hydrogen) atoms. The average molecular weight is 471 g/mol. The molecule has 2 heterocycles. The van der Waals surface area contributed by atoms with E-state index in [0.717, 1.165) is 30.8 Å². The molecule has 0 fully saturated rings. The zero-order valence-electron chi connectivity index (χ0n) is 19.4. The van der Waals surface area contributed by atoms with Crippen molar-refractivity contribution in [2.75, 3.05) is 30.8 Å². The number of fused-ring (bicyclic) bond motifs is 2. The summed E-state index contributed by atoms with van der Waals surface area (Å²) < 4.78 is 5.33. The number of nitrogens with one attached hydrogen (secondary N) is 3. The highest BCUT2D eigenvalue weighted by Gasteiger charge is 2.18. The van der Waals surface area contributed by atoms with Gasteiger partial charge in [-0.15, -0.1) is 0 Å². The molecule has 0 spiro atoms. The summed E-state index contributed by atoms with van der Waals surface area (Å²) in [6.07, 6.45) is 1.02. The Bertz CT molecular complexity index is 1320. The number of hydrogen-bond acceptors (Lipinski definition) is 5. The van der Waals surface area contributed by atoms with Gasteiger partial charge in [0.1, 0.15) is 5.75 Å². The van der Waals surface area contributed by atoms with Crippen molar-refractivity contribution in [2.45, 2.75) is 19.5 Å². The lowest BCUT2D eigenvalue weighted by Crippen LogP contribution is -2.27. The Balaban J connectivity index is 1.22. The fourth-order valence-corrected chi connectivity index (χ4v) is 4.31. The molecular weight excluding hydrogens is 444 g/mol. The van der Waals surface area contributed by atoms with Crippen LogP contribution >= 0.6 is 0 Å². The van der Waals surface area contributed by atoms with Gasteiger partial charge in [0.15, 0.2) is 6.61 Å². The normalized spacial score (nSPS) is 14.7. The first-order valence-electron chi connectivity index (χ1n) is 11.5. The van der Waals surface area contributed by atoms with Gasteiger partial charge in [-0.2, -0.15) is 0 Å². The fourth-order valence-electron chi connectivity index (χ4n) is 4.31. The second-order valence-electron chi connectivity index (χ2n) is 8.86. The Morgan fingerprint density at radius 1 is 1.00 bits per heavy atom. The van der Waals surface area contributed by atoms with Crippen LogP contribution in [0.15, 0.2) is 60.7 Å². The molecule has 0 aliphatic carbocycles. The van der Waals surface area contributed by atoms with Gasteiger partial charge >= 0.3 is 0 Å². The second-order valence-corrected chi connectivity index (χ2v) is 8.86. The van der Waals surface area contributed by atoms with Gasteiger partial charge in [-0.3, -0.25) is 14.4 Å². The largest absolute Gasteiger partial charge is 0.482 e. The summed E-state index contributed by atoms with van der Waals surface area (Å²) in [6, 6.07) is 18.1. The van der Waals surface area contributed by atoms with E-state index in [4.69, 9.17) is 4.74 Å². The number of likely N-dealkylation sites (N-methyl/N-ethyl adjacent to an activating group) is 1. The van der Waals surface area contributed by atoms with Crippen molar-refractivity contribution in [1.82, 2.24) is 10.2 Å². The van der Waals surface area contributed by atoms with Gasteiger partial charge < -0.3 is 25.6 Å². The van der Waals surface area contributed by atoms with Crippen LogP contribution in [-0.2, 0) is 24.3 Å². The molecule has 3 aromatic rings. The zero-order chi connectivity index (χ0) is 24.4. The van der Waals surface area contributed by atoms with Crippen molar-refractivity contribution < 1.29 is 19.1 Å². The number of carbonyl (C=O) groups excluding carboxylic acids is 3. The van der Waals surface area contributed by atoms with Crippen LogP contribution < -0.4 is 20.7 Å². The summed E-state index contributed by atoms with van der Waals surface area (Å²) in [7, 11) is 2.09. The van der Waals surface area contributed by atoms with Crippen molar-refractivity contribution in [3.05, 3.63) is 88.5 Å². The van der Waals surface area contributed by atoms with E-state index in [9.17, 15) is 14.4 Å². The zero-order valence-corrected chi connectivity index (χ0v) is 19.4. The predicted octanol–water partition coefficient (Wildman–Crippen LogP) is 3.19. The van der Waals surface area contributed by atoms with Crippen LogP contribution in [-0.4, -0.2) is 42.8 Å². The third kappa shape index (κ3) is 5.17. The maximum atomic E-state index is 12.9. The minimum absolute atomic E-state index is 0.0354. The van der Waals surface area contributed by atoms with Crippen LogP contribution in [0.1, 0.15) is 37.4 Å². The molecule has 178 valence electrons. The molecule has 0 bridgehead atoms. The average Bonchev–Trinajstić information content (AvgIpc) is 2.86. The summed E-state index contributed by atoms with van der Waals surface area (Å²) in [4.78, 5) is 39.3. The highest BCUT2D eigenvalue weighted by Crippen LogP contribution is 2.28. The van der Waals surface area contributed by atoms with Gasteiger partial charge in [0.25, 0.3) is 17.7 Å². The monoisotopic (exact) mass is 470 g/mol. The molecule has 3 amide bonds. The van der Waals surface area contributed by atoms with E-state index in [2.05, 4.69) is 34.0 Å². The molecule has 2 aliphatic rings. The van der Waals surface area contributed by atoms with E-state index in [1.54, 1.807) is 36.4 Å². The summed E-state index contributed by atoms with van der Waals surface area (Å²) in [6.45, 7) is 2.13. The molecule has 8 heteroatoms. The van der Waals surface area contributed by atoms with Crippen LogP contribution in [0.25, 0.3) is 0 Å². The minimum Gasteiger partial charge on any atom is -0.482 e. The van der Waals surface area contributed by atoms with E-state index in [-0.39, 0.29) is 30.9 Å². The molecule has 3 N–H and O–H groups in total. The highest BCUT2D eigenvalue weighted by molar-refractivity contribution is 6.04. The Hall–Kier alpha value is -4.17. The molecule has 0 aromatic heterocycles. The lowest BCUT2D eigenvalue weighted by atomic mass is 9.99. The molecule has 0 radical (unpaired) electrons. The SMILES string of the molecule is CN1CCc2ccc(NC(=O)c3cccc(CNC(=O)c4ccc5c(c4)NC(=O)CO5)c3)cc2C1. The van der Waals surface area contributed by atoms with E-state index >= 15 is 0 Å². The molecule has 2 aliphatic heterocycles. The number of amides is 3. The van der Waals surface area contributed by atoms with Crippen LogP contribution in [0.2, 0.25) is 0 Å². The van der Waals surface area contributed by atoms with Crippen LogP contribution in [0.3, 0.4) is 0 Å². The highest BCUT2D eigenvalue weighted by atomic mass is 16.5. The third-order valence-electron chi connectivity index (χ3n) is 6.18. The van der Waals surface area contributed by atoms with Crippen LogP contribution in [0.5, 0.6) is 5.75 Å². The molecule has 0 atom stereocenters. The molecule has 0 saturated carbocycles. The van der Waals surface area contributed by atoms with Crippen molar-refractivity contribution in [3.63, 3.8) is 0 Å². The van der Waals surface area contributed by atoms with E-state index in [1.807, 2.05) is 18.2 Å². The minimum atomic E-state index is -0.290. The number of nitrogens with zero attached hydrogens (tertiary/aromatic N) is 1. The van der Waals surface area contributed by atoms with Crippen LogP contribution in [0, 0.1) is 0 Å². The first-order chi connectivity index (χ1) is 16.9. The van der Waals surface area contributed by atoms with Gasteiger partial charge in [0.05, 0.1) is 5.69 Å². The van der Waals surface area contributed by atoms with Crippen molar-refractivity contribution in [3.8, 4) is 5.75 Å². The number of anilines is 2. The Labute approximate surface area is 203 Å². The number of rotatable bonds is 5. The number of carbonyl (C=O) groups is 3. The maximum Gasteiger partial charge on any atom is 0.262 e. The van der Waals surface area contributed by atoms with Gasteiger partial charge in [-0.05, 0) is 72.6 Å². The second kappa shape index (κ2) is 9.60. The molecule has 0 saturated heterocycles. The Morgan fingerprint density at radius 3 is 2.74 bits per heavy atom. The topological polar surface area (TPSA) is 99.8 Å². The fraction of sp³-hybridized carbons (Fsp3) is 0.222. The van der Waals surface area contributed by atoms with E-state index in [0.29, 0.717) is 22.6 Å². The summed E-state index contributed by atoms with van der Waals surface area (Å²) in [5.74, 6) is -0.215. The van der Waals surface area contributed by atoms with Crippen molar-refractivity contribution >= 4 is 29.1 Å². The van der Waals surface area contributed by atoms with Gasteiger partial charge in [-0.25, -0.2) is 0 Å². The number of benzene rings is 3. The number of ether oxygens (including phenoxy) is 1. The first-order valence-corrected chi connectivity index (χ1v) is 11.5. The first kappa shape index (κ1) is 22.6. The lowest BCUT2D eigenvalue weighted by Gasteiger charge is -2.25. The summed E-state index contributed by atoms with van der Waals surface area (Å²) in [5.41, 5.74) is 5.52. The van der Waals surface area contributed by atoms with E-state index in [1.165, 1.54) is 11.1 Å². The Morgan fingerprint density at radius 2 is 1.86 bits per heavy atom.